The minimum absolute atomic E-state index is 0.0169. The molecule has 6 nitrogen and oxygen atoms in total. The van der Waals surface area contributed by atoms with Gasteiger partial charge in [-0.15, -0.1) is 0 Å². The van der Waals surface area contributed by atoms with Crippen molar-refractivity contribution in [3.05, 3.63) is 82.8 Å². The second-order valence-corrected chi connectivity index (χ2v) is 10.2. The summed E-state index contributed by atoms with van der Waals surface area (Å²) in [5.41, 5.74) is 2.41. The Bertz CT molecular complexity index is 1270. The van der Waals surface area contributed by atoms with Crippen LogP contribution >= 0.6 is 0 Å². The van der Waals surface area contributed by atoms with Gasteiger partial charge >= 0.3 is 0 Å². The summed E-state index contributed by atoms with van der Waals surface area (Å²) in [6.45, 7) is 1.37. The van der Waals surface area contributed by atoms with Gasteiger partial charge in [0.1, 0.15) is 5.75 Å². The highest BCUT2D eigenvalue weighted by atomic mass is 32.2. The Morgan fingerprint density at radius 1 is 0.903 bits per heavy atom. The molecule has 2 atom stereocenters. The van der Waals surface area contributed by atoms with Gasteiger partial charge in [0.2, 0.25) is 10.0 Å². The Hall–Kier alpha value is -2.90. The first-order valence-electron chi connectivity index (χ1n) is 10.4. The molecule has 2 aromatic carbocycles. The van der Waals surface area contributed by atoms with Crippen molar-refractivity contribution in [1.82, 2.24) is 8.87 Å². The highest BCUT2D eigenvalue weighted by Gasteiger charge is 2.39. The number of pyridine rings is 1. The number of aromatic nitrogens is 1. The van der Waals surface area contributed by atoms with Crippen molar-refractivity contribution in [2.45, 2.75) is 23.8 Å². The molecule has 0 N–H and O–H groups in total. The van der Waals surface area contributed by atoms with Crippen LogP contribution in [0.5, 0.6) is 5.75 Å². The first-order chi connectivity index (χ1) is 15.0. The van der Waals surface area contributed by atoms with E-state index in [4.69, 9.17) is 4.74 Å². The number of benzene rings is 2. The number of piperidine rings is 1. The van der Waals surface area contributed by atoms with Crippen molar-refractivity contribution in [2.75, 3.05) is 20.2 Å². The van der Waals surface area contributed by atoms with E-state index in [1.54, 1.807) is 35.7 Å². The fraction of sp³-hybridized carbons (Fsp3) is 0.292. The lowest BCUT2D eigenvalue weighted by Gasteiger charge is -2.42. The Balaban J connectivity index is 1.48. The zero-order valence-electron chi connectivity index (χ0n) is 17.3. The maximum absolute atomic E-state index is 13.3. The van der Waals surface area contributed by atoms with Gasteiger partial charge in [0.05, 0.1) is 12.0 Å². The van der Waals surface area contributed by atoms with Crippen molar-refractivity contribution in [2.24, 2.45) is 5.92 Å². The van der Waals surface area contributed by atoms with Crippen LogP contribution < -0.4 is 10.3 Å². The van der Waals surface area contributed by atoms with Crippen LogP contribution in [0.1, 0.15) is 18.0 Å². The molecule has 1 fully saturated rings. The molecule has 0 radical (unpaired) electrons. The molecule has 0 spiro atoms. The number of fused-ring (bicyclic) bond motifs is 4. The summed E-state index contributed by atoms with van der Waals surface area (Å²) in [6.07, 6.45) is 0.905. The van der Waals surface area contributed by atoms with Gasteiger partial charge in [0.25, 0.3) is 5.56 Å². The summed E-state index contributed by atoms with van der Waals surface area (Å²) in [6, 6.07) is 19.9. The fourth-order valence-electron chi connectivity index (χ4n) is 4.83. The smallest absolute Gasteiger partial charge is 0.258 e. The highest BCUT2D eigenvalue weighted by Crippen LogP contribution is 2.37. The largest absolute Gasteiger partial charge is 0.497 e. The molecule has 1 aromatic heterocycles. The normalized spacial score (nSPS) is 20.8. The van der Waals surface area contributed by atoms with Gasteiger partial charge in [-0.2, -0.15) is 4.31 Å². The van der Waals surface area contributed by atoms with Crippen LogP contribution in [-0.2, 0) is 16.6 Å². The Morgan fingerprint density at radius 2 is 1.65 bits per heavy atom. The van der Waals surface area contributed by atoms with E-state index < -0.39 is 10.0 Å². The van der Waals surface area contributed by atoms with Gasteiger partial charge in [-0.25, -0.2) is 8.42 Å². The number of sulfonamides is 1. The number of ether oxygens (including phenoxy) is 1. The van der Waals surface area contributed by atoms with Gasteiger partial charge in [-0.05, 0) is 54.3 Å². The molecule has 3 heterocycles. The van der Waals surface area contributed by atoms with Gasteiger partial charge < -0.3 is 9.30 Å². The molecule has 2 bridgehead atoms. The molecule has 1 saturated heterocycles. The standard InChI is InChI=1S/C24H24N2O4S/c1-30-20-9-7-18(8-10-20)22-11-12-23-19-13-17(15-26(23)24(22)27)14-25(16-19)31(28,29)21-5-3-2-4-6-21/h2-12,17,19H,13-16H2,1H3/t17-,19-/m1/s1. The van der Waals surface area contributed by atoms with E-state index >= 15 is 0 Å². The number of methoxy groups -OCH3 is 1. The number of nitrogens with zero attached hydrogens (tertiary/aromatic N) is 2. The quantitative estimate of drug-likeness (QED) is 0.629. The predicted octanol–water partition coefficient (Wildman–Crippen LogP) is 3.33. The van der Waals surface area contributed by atoms with Crippen molar-refractivity contribution < 1.29 is 13.2 Å². The van der Waals surface area contributed by atoms with Gasteiger partial charge in [-0.1, -0.05) is 30.3 Å². The second-order valence-electron chi connectivity index (χ2n) is 8.25. The van der Waals surface area contributed by atoms with Crippen LogP contribution in [0.15, 0.2) is 76.4 Å². The van der Waals surface area contributed by atoms with Crippen LogP contribution in [0, 0.1) is 5.92 Å². The van der Waals surface area contributed by atoms with E-state index in [2.05, 4.69) is 0 Å². The lowest BCUT2D eigenvalue weighted by atomic mass is 9.84. The average Bonchev–Trinajstić information content (AvgIpc) is 2.80. The highest BCUT2D eigenvalue weighted by molar-refractivity contribution is 7.89. The first kappa shape index (κ1) is 20.0. The van der Waals surface area contributed by atoms with E-state index in [1.807, 2.05) is 47.0 Å². The molecule has 7 heteroatoms. The van der Waals surface area contributed by atoms with Crippen molar-refractivity contribution in [3.63, 3.8) is 0 Å². The summed E-state index contributed by atoms with van der Waals surface area (Å²) in [7, 11) is -1.93. The summed E-state index contributed by atoms with van der Waals surface area (Å²) >= 11 is 0. The number of hydrogen-bond acceptors (Lipinski definition) is 4. The summed E-state index contributed by atoms with van der Waals surface area (Å²) in [5, 5.41) is 0. The van der Waals surface area contributed by atoms with E-state index in [-0.39, 0.29) is 17.4 Å². The van der Waals surface area contributed by atoms with E-state index in [0.717, 1.165) is 23.4 Å². The van der Waals surface area contributed by atoms with E-state index in [1.165, 1.54) is 0 Å². The lowest BCUT2D eigenvalue weighted by Crippen LogP contribution is -2.49. The summed E-state index contributed by atoms with van der Waals surface area (Å²) in [4.78, 5) is 13.6. The molecule has 0 aliphatic carbocycles. The summed E-state index contributed by atoms with van der Waals surface area (Å²) in [5.74, 6) is 0.883. The minimum Gasteiger partial charge on any atom is -0.497 e. The van der Waals surface area contributed by atoms with Crippen LogP contribution in [-0.4, -0.2) is 37.5 Å². The van der Waals surface area contributed by atoms with E-state index in [9.17, 15) is 13.2 Å². The molecule has 0 saturated carbocycles. The van der Waals surface area contributed by atoms with Crippen molar-refractivity contribution in [1.29, 1.82) is 0 Å². The van der Waals surface area contributed by atoms with Crippen LogP contribution in [0.4, 0.5) is 0 Å². The SMILES string of the molecule is COc1ccc(-c2ccc3n(c2=O)C[C@@H]2C[C@@H]3CN(S(=O)(=O)c3ccccc3)C2)cc1. The van der Waals surface area contributed by atoms with Gasteiger partial charge in [0, 0.05) is 36.8 Å². The molecule has 2 aliphatic heterocycles. The zero-order chi connectivity index (χ0) is 21.6. The first-order valence-corrected chi connectivity index (χ1v) is 11.8. The molecule has 160 valence electrons. The summed E-state index contributed by atoms with van der Waals surface area (Å²) < 4.78 is 34.9. The third-order valence-electron chi connectivity index (χ3n) is 6.35. The maximum Gasteiger partial charge on any atom is 0.258 e. The Kier molecular flexibility index (Phi) is 4.95. The van der Waals surface area contributed by atoms with Crippen LogP contribution in [0.25, 0.3) is 11.1 Å². The number of hydrogen-bond donors (Lipinski definition) is 0. The molecule has 3 aromatic rings. The van der Waals surface area contributed by atoms with Crippen molar-refractivity contribution >= 4 is 10.0 Å². The topological polar surface area (TPSA) is 68.6 Å². The molecule has 0 unspecified atom stereocenters. The third-order valence-corrected chi connectivity index (χ3v) is 8.20. The molecule has 5 rings (SSSR count). The monoisotopic (exact) mass is 436 g/mol. The van der Waals surface area contributed by atoms with E-state index in [0.29, 0.717) is 30.1 Å². The molecule has 31 heavy (non-hydrogen) atoms. The lowest BCUT2D eigenvalue weighted by molar-refractivity contribution is 0.186. The third kappa shape index (κ3) is 3.47. The molecular formula is C24H24N2O4S. The van der Waals surface area contributed by atoms with Crippen LogP contribution in [0.2, 0.25) is 0 Å². The number of rotatable bonds is 4. The Labute approximate surface area is 181 Å². The van der Waals surface area contributed by atoms with Gasteiger partial charge in [0.15, 0.2) is 0 Å². The van der Waals surface area contributed by atoms with Gasteiger partial charge in [-0.3, -0.25) is 4.79 Å². The second kappa shape index (κ2) is 7.66. The molecule has 0 amide bonds. The van der Waals surface area contributed by atoms with Crippen LogP contribution in [0.3, 0.4) is 0 Å². The average molecular weight is 437 g/mol. The predicted molar refractivity (Wildman–Crippen MR) is 119 cm³/mol. The fourth-order valence-corrected chi connectivity index (χ4v) is 6.41. The molecule has 2 aliphatic rings. The minimum atomic E-state index is -3.54. The Morgan fingerprint density at radius 3 is 2.35 bits per heavy atom. The maximum atomic E-state index is 13.3. The zero-order valence-corrected chi connectivity index (χ0v) is 18.1. The van der Waals surface area contributed by atoms with Crippen molar-refractivity contribution in [3.8, 4) is 16.9 Å². The molecular weight excluding hydrogens is 412 g/mol.